The molecule has 1 rings (SSSR count). The lowest BCUT2D eigenvalue weighted by molar-refractivity contribution is 0.0697. The van der Waals surface area contributed by atoms with Crippen LogP contribution in [-0.2, 0) is 0 Å². The second kappa shape index (κ2) is 4.14. The molecule has 0 aromatic heterocycles. The van der Waals surface area contributed by atoms with E-state index in [9.17, 15) is 4.79 Å². The zero-order valence-electron chi connectivity index (χ0n) is 7.08. The molecule has 13 heavy (non-hydrogen) atoms. The van der Waals surface area contributed by atoms with Crippen LogP contribution < -0.4 is 4.74 Å². The van der Waals surface area contributed by atoms with Crippen molar-refractivity contribution in [2.24, 2.45) is 0 Å². The Kier molecular flexibility index (Phi) is 3.14. The summed E-state index contributed by atoms with van der Waals surface area (Å²) in [6, 6.07) is 4.50. The average Bonchev–Trinajstić information content (AvgIpc) is 2.04. The van der Waals surface area contributed by atoms with Crippen molar-refractivity contribution in [1.29, 1.82) is 0 Å². The van der Waals surface area contributed by atoms with Crippen LogP contribution >= 0.6 is 11.6 Å². The molecule has 0 atom stereocenters. The standard InChI is InChI=1S/C9H9ClO3/c1-2-13-6-3-4-7(9(11)12)8(10)5-6/h3-5H,2H2,1H3,(H,11,12). The van der Waals surface area contributed by atoms with Gasteiger partial charge < -0.3 is 9.84 Å². The van der Waals surface area contributed by atoms with Gasteiger partial charge in [-0.15, -0.1) is 0 Å². The molecule has 4 heteroatoms. The average molecular weight is 201 g/mol. The van der Waals surface area contributed by atoms with Crippen LogP contribution in [0.4, 0.5) is 0 Å². The minimum Gasteiger partial charge on any atom is -0.494 e. The number of hydrogen-bond acceptors (Lipinski definition) is 2. The Hall–Kier alpha value is -1.22. The normalized spacial score (nSPS) is 9.69. The molecule has 0 heterocycles. The summed E-state index contributed by atoms with van der Waals surface area (Å²) in [6.07, 6.45) is 0. The number of hydrogen-bond donors (Lipinski definition) is 1. The molecule has 0 fully saturated rings. The highest BCUT2D eigenvalue weighted by molar-refractivity contribution is 6.33. The molecule has 0 radical (unpaired) electrons. The van der Waals surface area contributed by atoms with Crippen LogP contribution in [0, 0.1) is 0 Å². The van der Waals surface area contributed by atoms with E-state index in [1.807, 2.05) is 6.92 Å². The van der Waals surface area contributed by atoms with E-state index in [-0.39, 0.29) is 10.6 Å². The summed E-state index contributed by atoms with van der Waals surface area (Å²) < 4.78 is 5.14. The molecular formula is C9H9ClO3. The van der Waals surface area contributed by atoms with E-state index in [1.165, 1.54) is 12.1 Å². The third kappa shape index (κ3) is 2.36. The fourth-order valence-electron chi connectivity index (χ4n) is 0.926. The van der Waals surface area contributed by atoms with Gasteiger partial charge in [0.05, 0.1) is 17.2 Å². The summed E-state index contributed by atoms with van der Waals surface area (Å²) in [7, 11) is 0. The number of carboxylic acid groups (broad SMARTS) is 1. The van der Waals surface area contributed by atoms with Gasteiger partial charge in [0, 0.05) is 0 Å². The third-order valence-electron chi connectivity index (χ3n) is 1.48. The lowest BCUT2D eigenvalue weighted by atomic mass is 10.2. The molecule has 0 saturated carbocycles. The highest BCUT2D eigenvalue weighted by Crippen LogP contribution is 2.22. The Labute approximate surface area is 80.9 Å². The number of halogens is 1. The second-order valence-electron chi connectivity index (χ2n) is 2.38. The molecular weight excluding hydrogens is 192 g/mol. The topological polar surface area (TPSA) is 46.5 Å². The summed E-state index contributed by atoms with van der Waals surface area (Å²) in [4.78, 5) is 10.6. The predicted molar refractivity (Wildman–Crippen MR) is 49.6 cm³/mol. The molecule has 1 aromatic carbocycles. The van der Waals surface area contributed by atoms with Crippen LogP contribution in [0.3, 0.4) is 0 Å². The first-order valence-corrected chi connectivity index (χ1v) is 4.18. The van der Waals surface area contributed by atoms with Gasteiger partial charge in [-0.1, -0.05) is 11.6 Å². The Bertz CT molecular complexity index is 323. The summed E-state index contributed by atoms with van der Waals surface area (Å²) in [5.74, 6) is -0.453. The largest absolute Gasteiger partial charge is 0.494 e. The zero-order valence-corrected chi connectivity index (χ0v) is 7.84. The number of ether oxygens (including phenoxy) is 1. The highest BCUT2D eigenvalue weighted by Gasteiger charge is 2.08. The molecule has 0 aliphatic heterocycles. The van der Waals surface area contributed by atoms with Gasteiger partial charge in [-0.2, -0.15) is 0 Å². The van der Waals surface area contributed by atoms with Crippen LogP contribution in [0.25, 0.3) is 0 Å². The van der Waals surface area contributed by atoms with Crippen molar-refractivity contribution in [3.8, 4) is 5.75 Å². The molecule has 0 saturated heterocycles. The summed E-state index contributed by atoms with van der Waals surface area (Å²) in [6.45, 7) is 2.38. The van der Waals surface area contributed by atoms with Crippen molar-refractivity contribution < 1.29 is 14.6 Å². The fraction of sp³-hybridized carbons (Fsp3) is 0.222. The van der Waals surface area contributed by atoms with E-state index in [0.29, 0.717) is 12.4 Å². The van der Waals surface area contributed by atoms with Crippen molar-refractivity contribution >= 4 is 17.6 Å². The van der Waals surface area contributed by atoms with Gasteiger partial charge in [0.25, 0.3) is 0 Å². The number of aromatic carboxylic acids is 1. The Morgan fingerprint density at radius 2 is 2.31 bits per heavy atom. The van der Waals surface area contributed by atoms with Crippen molar-refractivity contribution in [1.82, 2.24) is 0 Å². The molecule has 1 N–H and O–H groups in total. The monoisotopic (exact) mass is 200 g/mol. The van der Waals surface area contributed by atoms with Crippen LogP contribution in [0.2, 0.25) is 5.02 Å². The summed E-state index contributed by atoms with van der Waals surface area (Å²) in [5.41, 5.74) is 0.0881. The quantitative estimate of drug-likeness (QED) is 0.815. The lowest BCUT2D eigenvalue weighted by Gasteiger charge is -2.04. The van der Waals surface area contributed by atoms with E-state index in [4.69, 9.17) is 21.4 Å². The smallest absolute Gasteiger partial charge is 0.337 e. The maximum atomic E-state index is 10.6. The van der Waals surface area contributed by atoms with Gasteiger partial charge in [0.2, 0.25) is 0 Å². The van der Waals surface area contributed by atoms with Crippen LogP contribution in [0.5, 0.6) is 5.75 Å². The fourth-order valence-corrected chi connectivity index (χ4v) is 1.18. The van der Waals surface area contributed by atoms with Crippen molar-refractivity contribution in [3.63, 3.8) is 0 Å². The van der Waals surface area contributed by atoms with Gasteiger partial charge in [-0.3, -0.25) is 0 Å². The lowest BCUT2D eigenvalue weighted by Crippen LogP contribution is -1.98. The van der Waals surface area contributed by atoms with Gasteiger partial charge in [-0.05, 0) is 25.1 Å². The number of rotatable bonds is 3. The van der Waals surface area contributed by atoms with E-state index >= 15 is 0 Å². The number of benzene rings is 1. The molecule has 0 amide bonds. The van der Waals surface area contributed by atoms with Gasteiger partial charge in [-0.25, -0.2) is 4.79 Å². The minimum atomic E-state index is -1.03. The van der Waals surface area contributed by atoms with Crippen molar-refractivity contribution in [2.75, 3.05) is 6.61 Å². The third-order valence-corrected chi connectivity index (χ3v) is 1.79. The Morgan fingerprint density at radius 3 is 2.77 bits per heavy atom. The van der Waals surface area contributed by atoms with Crippen molar-refractivity contribution in [3.05, 3.63) is 28.8 Å². The first-order valence-electron chi connectivity index (χ1n) is 3.80. The minimum absolute atomic E-state index is 0.0881. The van der Waals surface area contributed by atoms with E-state index in [1.54, 1.807) is 6.07 Å². The zero-order chi connectivity index (χ0) is 9.84. The van der Waals surface area contributed by atoms with E-state index in [2.05, 4.69) is 0 Å². The van der Waals surface area contributed by atoms with Gasteiger partial charge in [0.15, 0.2) is 0 Å². The maximum absolute atomic E-state index is 10.6. The van der Waals surface area contributed by atoms with Crippen LogP contribution in [-0.4, -0.2) is 17.7 Å². The summed E-state index contributed by atoms with van der Waals surface area (Å²) >= 11 is 5.70. The van der Waals surface area contributed by atoms with Gasteiger partial charge >= 0.3 is 5.97 Å². The predicted octanol–water partition coefficient (Wildman–Crippen LogP) is 2.44. The van der Waals surface area contributed by atoms with E-state index in [0.717, 1.165) is 0 Å². The summed E-state index contributed by atoms with van der Waals surface area (Å²) in [5, 5.41) is 8.85. The molecule has 0 aliphatic rings. The van der Waals surface area contributed by atoms with Crippen molar-refractivity contribution in [2.45, 2.75) is 6.92 Å². The highest BCUT2D eigenvalue weighted by atomic mass is 35.5. The first-order chi connectivity index (χ1) is 6.15. The van der Waals surface area contributed by atoms with Crippen LogP contribution in [0.1, 0.15) is 17.3 Å². The second-order valence-corrected chi connectivity index (χ2v) is 2.79. The molecule has 70 valence electrons. The molecule has 0 bridgehead atoms. The number of carbonyl (C=O) groups is 1. The maximum Gasteiger partial charge on any atom is 0.337 e. The Balaban J connectivity index is 2.98. The van der Waals surface area contributed by atoms with Crippen LogP contribution in [0.15, 0.2) is 18.2 Å². The SMILES string of the molecule is CCOc1ccc(C(=O)O)c(Cl)c1. The molecule has 0 aliphatic carbocycles. The van der Waals surface area contributed by atoms with E-state index < -0.39 is 5.97 Å². The number of carboxylic acids is 1. The molecule has 0 unspecified atom stereocenters. The van der Waals surface area contributed by atoms with Gasteiger partial charge in [0.1, 0.15) is 5.75 Å². The Morgan fingerprint density at radius 1 is 1.62 bits per heavy atom. The molecule has 3 nitrogen and oxygen atoms in total. The molecule has 1 aromatic rings. The molecule has 0 spiro atoms. The first kappa shape index (κ1) is 9.86.